The number of hydrogen-bond donors (Lipinski definition) is 1. The van der Waals surface area contributed by atoms with Crippen molar-refractivity contribution in [2.75, 3.05) is 5.32 Å². The molecule has 0 radical (unpaired) electrons. The van der Waals surface area contributed by atoms with Gasteiger partial charge in [-0.3, -0.25) is 0 Å². The molecular formula is C40H27NO. The summed E-state index contributed by atoms with van der Waals surface area (Å²) >= 11 is 0. The first-order valence-corrected chi connectivity index (χ1v) is 14.3. The van der Waals surface area contributed by atoms with Crippen LogP contribution in [0.3, 0.4) is 0 Å². The number of anilines is 2. The van der Waals surface area contributed by atoms with E-state index < -0.39 is 0 Å². The number of nitrogens with one attached hydrogen (secondary N) is 1. The Bertz CT molecular complexity index is 2190. The zero-order valence-electron chi connectivity index (χ0n) is 22.9. The van der Waals surface area contributed by atoms with Crippen LogP contribution in [0, 0.1) is 0 Å². The van der Waals surface area contributed by atoms with Crippen molar-refractivity contribution in [1.82, 2.24) is 0 Å². The van der Waals surface area contributed by atoms with E-state index in [9.17, 15) is 0 Å². The molecule has 1 N–H and O–H groups in total. The second-order valence-electron chi connectivity index (χ2n) is 10.7. The molecule has 0 aliphatic heterocycles. The Hall–Kier alpha value is -5.60. The predicted octanol–water partition coefficient (Wildman–Crippen LogP) is 11.5. The summed E-state index contributed by atoms with van der Waals surface area (Å²) in [5.41, 5.74) is 10.8. The van der Waals surface area contributed by atoms with Crippen molar-refractivity contribution in [2.45, 2.75) is 0 Å². The number of furan rings is 1. The minimum atomic E-state index is 0.879. The highest BCUT2D eigenvalue weighted by atomic mass is 16.3. The lowest BCUT2D eigenvalue weighted by atomic mass is 9.99. The Labute approximate surface area is 244 Å². The van der Waals surface area contributed by atoms with Gasteiger partial charge in [0.05, 0.1) is 11.1 Å². The Morgan fingerprint density at radius 1 is 0.429 bits per heavy atom. The molecule has 0 saturated carbocycles. The van der Waals surface area contributed by atoms with Gasteiger partial charge in [-0.25, -0.2) is 0 Å². The van der Waals surface area contributed by atoms with Gasteiger partial charge in [-0.05, 0) is 81.1 Å². The minimum absolute atomic E-state index is 0.879. The first-order valence-electron chi connectivity index (χ1n) is 14.3. The molecule has 0 bridgehead atoms. The normalized spacial score (nSPS) is 11.3. The first kappa shape index (κ1) is 24.2. The molecule has 0 unspecified atom stereocenters. The fraction of sp³-hybridized carbons (Fsp3) is 0. The highest BCUT2D eigenvalue weighted by molar-refractivity contribution is 6.16. The molecule has 0 spiro atoms. The molecule has 0 saturated heterocycles. The maximum absolute atomic E-state index is 6.65. The standard InChI is InChI=1S/C40H27NO/c1-3-9-27(10-4-1)33-19-22-36-38(26-33)42-40-35(30-12-5-2-6-13-30)23-24-37(39(36)40)41-34-20-17-29(18-21-34)32-16-15-28-11-7-8-14-31(28)25-32/h1-26,41H. The van der Waals surface area contributed by atoms with E-state index in [-0.39, 0.29) is 0 Å². The highest BCUT2D eigenvalue weighted by Crippen LogP contribution is 2.42. The lowest BCUT2D eigenvalue weighted by molar-refractivity contribution is 0.670. The number of fused-ring (bicyclic) bond motifs is 4. The maximum Gasteiger partial charge on any atom is 0.145 e. The summed E-state index contributed by atoms with van der Waals surface area (Å²) in [6.07, 6.45) is 0. The first-order chi connectivity index (χ1) is 20.8. The average Bonchev–Trinajstić information content (AvgIpc) is 3.45. The van der Waals surface area contributed by atoms with E-state index in [4.69, 9.17) is 4.42 Å². The average molecular weight is 538 g/mol. The van der Waals surface area contributed by atoms with Gasteiger partial charge < -0.3 is 9.73 Å². The van der Waals surface area contributed by atoms with Gasteiger partial charge in [0.15, 0.2) is 0 Å². The van der Waals surface area contributed by atoms with E-state index in [1.807, 2.05) is 12.1 Å². The SMILES string of the molecule is c1ccc(-c2ccc3c(c2)oc2c(-c4ccccc4)ccc(Nc4ccc(-c5ccc6ccccc6c5)cc4)c23)cc1. The van der Waals surface area contributed by atoms with E-state index in [0.29, 0.717) is 0 Å². The van der Waals surface area contributed by atoms with Crippen LogP contribution in [0.1, 0.15) is 0 Å². The Morgan fingerprint density at radius 2 is 1.05 bits per heavy atom. The summed E-state index contributed by atoms with van der Waals surface area (Å²) < 4.78 is 6.65. The molecule has 0 aliphatic carbocycles. The Balaban J connectivity index is 1.21. The molecule has 42 heavy (non-hydrogen) atoms. The lowest BCUT2D eigenvalue weighted by Crippen LogP contribution is -1.92. The molecule has 2 nitrogen and oxygen atoms in total. The van der Waals surface area contributed by atoms with Crippen LogP contribution in [0.15, 0.2) is 162 Å². The molecule has 0 atom stereocenters. The minimum Gasteiger partial charge on any atom is -0.455 e. The molecule has 0 amide bonds. The van der Waals surface area contributed by atoms with Crippen molar-refractivity contribution in [3.05, 3.63) is 158 Å². The molecule has 7 aromatic carbocycles. The second-order valence-corrected chi connectivity index (χ2v) is 10.7. The van der Waals surface area contributed by atoms with E-state index >= 15 is 0 Å². The number of hydrogen-bond acceptors (Lipinski definition) is 2. The zero-order valence-corrected chi connectivity index (χ0v) is 22.9. The fourth-order valence-electron chi connectivity index (χ4n) is 5.91. The third-order valence-corrected chi connectivity index (χ3v) is 8.06. The summed E-state index contributed by atoms with van der Waals surface area (Å²) in [5, 5.41) is 8.39. The van der Waals surface area contributed by atoms with E-state index in [0.717, 1.165) is 50.0 Å². The van der Waals surface area contributed by atoms with Crippen molar-refractivity contribution >= 4 is 44.1 Å². The van der Waals surface area contributed by atoms with Gasteiger partial charge in [0.25, 0.3) is 0 Å². The molecule has 198 valence electrons. The zero-order chi connectivity index (χ0) is 27.9. The van der Waals surface area contributed by atoms with Gasteiger partial charge in [0.2, 0.25) is 0 Å². The lowest BCUT2D eigenvalue weighted by Gasteiger charge is -2.12. The Kier molecular flexibility index (Phi) is 5.82. The largest absolute Gasteiger partial charge is 0.455 e. The topological polar surface area (TPSA) is 25.2 Å². The van der Waals surface area contributed by atoms with Crippen molar-refractivity contribution in [2.24, 2.45) is 0 Å². The second kappa shape index (κ2) is 10.1. The van der Waals surface area contributed by atoms with Crippen molar-refractivity contribution < 1.29 is 4.42 Å². The van der Waals surface area contributed by atoms with Crippen LogP contribution in [0.2, 0.25) is 0 Å². The van der Waals surface area contributed by atoms with Crippen LogP contribution >= 0.6 is 0 Å². The van der Waals surface area contributed by atoms with Gasteiger partial charge in [-0.15, -0.1) is 0 Å². The van der Waals surface area contributed by atoms with Gasteiger partial charge >= 0.3 is 0 Å². The summed E-state index contributed by atoms with van der Waals surface area (Å²) in [5.74, 6) is 0. The van der Waals surface area contributed by atoms with Crippen LogP contribution in [-0.2, 0) is 0 Å². The number of rotatable bonds is 5. The third kappa shape index (κ3) is 4.31. The van der Waals surface area contributed by atoms with Gasteiger partial charge in [0, 0.05) is 16.6 Å². The molecule has 2 heteroatoms. The maximum atomic E-state index is 6.65. The fourth-order valence-corrected chi connectivity index (χ4v) is 5.91. The third-order valence-electron chi connectivity index (χ3n) is 8.06. The quantitative estimate of drug-likeness (QED) is 0.236. The van der Waals surface area contributed by atoms with Crippen LogP contribution in [0.25, 0.3) is 66.1 Å². The van der Waals surface area contributed by atoms with E-state index in [1.54, 1.807) is 0 Å². The number of benzene rings is 7. The molecular weight excluding hydrogens is 510 g/mol. The van der Waals surface area contributed by atoms with Gasteiger partial charge in [0.1, 0.15) is 11.2 Å². The molecule has 8 rings (SSSR count). The van der Waals surface area contributed by atoms with E-state index in [2.05, 4.69) is 151 Å². The van der Waals surface area contributed by atoms with Crippen LogP contribution in [0.4, 0.5) is 11.4 Å². The molecule has 8 aromatic rings. The summed E-state index contributed by atoms with van der Waals surface area (Å²) in [6.45, 7) is 0. The van der Waals surface area contributed by atoms with Crippen molar-refractivity contribution in [1.29, 1.82) is 0 Å². The smallest absolute Gasteiger partial charge is 0.145 e. The Morgan fingerprint density at radius 3 is 1.83 bits per heavy atom. The van der Waals surface area contributed by atoms with Gasteiger partial charge in [-0.1, -0.05) is 115 Å². The molecule has 1 aromatic heterocycles. The molecule has 0 fully saturated rings. The highest BCUT2D eigenvalue weighted by Gasteiger charge is 2.17. The predicted molar refractivity (Wildman–Crippen MR) is 177 cm³/mol. The van der Waals surface area contributed by atoms with Crippen LogP contribution in [0.5, 0.6) is 0 Å². The monoisotopic (exact) mass is 537 g/mol. The summed E-state index contributed by atoms with van der Waals surface area (Å²) in [6, 6.07) is 55.5. The molecule has 1 heterocycles. The summed E-state index contributed by atoms with van der Waals surface area (Å²) in [7, 11) is 0. The van der Waals surface area contributed by atoms with Crippen LogP contribution in [-0.4, -0.2) is 0 Å². The van der Waals surface area contributed by atoms with Gasteiger partial charge in [-0.2, -0.15) is 0 Å². The van der Waals surface area contributed by atoms with E-state index in [1.165, 1.54) is 27.5 Å². The summed E-state index contributed by atoms with van der Waals surface area (Å²) in [4.78, 5) is 0. The van der Waals surface area contributed by atoms with Crippen LogP contribution < -0.4 is 5.32 Å². The van der Waals surface area contributed by atoms with Crippen molar-refractivity contribution in [3.8, 4) is 33.4 Å². The van der Waals surface area contributed by atoms with Crippen molar-refractivity contribution in [3.63, 3.8) is 0 Å². The molecule has 0 aliphatic rings.